The Kier molecular flexibility index (Phi) is 6.74. The van der Waals surface area contributed by atoms with Gasteiger partial charge in [0.1, 0.15) is 0 Å². The summed E-state index contributed by atoms with van der Waals surface area (Å²) in [5.74, 6) is 0.565. The van der Waals surface area contributed by atoms with Crippen molar-refractivity contribution in [1.29, 1.82) is 0 Å². The third-order valence-electron chi connectivity index (χ3n) is 2.11. The van der Waals surface area contributed by atoms with Crippen molar-refractivity contribution in [2.45, 2.75) is 24.8 Å². The minimum absolute atomic E-state index is 0.0874. The second kappa shape index (κ2) is 8.14. The third kappa shape index (κ3) is 7.02. The highest BCUT2D eigenvalue weighted by molar-refractivity contribution is 8.00. The Hall–Kier alpha value is -1.00. The van der Waals surface area contributed by atoms with Crippen LogP contribution < -0.4 is 10.6 Å². The summed E-state index contributed by atoms with van der Waals surface area (Å²) in [5.41, 5.74) is 0. The zero-order chi connectivity index (χ0) is 12.5. The number of hydrogen-bond donors (Lipinski definition) is 2. The zero-order valence-corrected chi connectivity index (χ0v) is 11.2. The maximum absolute atomic E-state index is 11.5. The molecule has 17 heavy (non-hydrogen) atoms. The molecule has 4 heteroatoms. The van der Waals surface area contributed by atoms with Crippen LogP contribution in [0.4, 0.5) is 0 Å². The predicted molar refractivity (Wildman–Crippen MR) is 73.3 cm³/mol. The Bertz CT molecular complexity index is 327. The minimum Gasteiger partial charge on any atom is -0.354 e. The van der Waals surface area contributed by atoms with E-state index in [1.54, 1.807) is 11.8 Å². The van der Waals surface area contributed by atoms with Crippen LogP contribution in [0, 0.1) is 0 Å². The summed E-state index contributed by atoms with van der Waals surface area (Å²) in [6.07, 6.45) is 0. The van der Waals surface area contributed by atoms with E-state index in [0.29, 0.717) is 18.3 Å². The molecule has 0 atom stereocenters. The van der Waals surface area contributed by atoms with Crippen molar-refractivity contribution in [2.24, 2.45) is 0 Å². The summed E-state index contributed by atoms with van der Waals surface area (Å²) in [6, 6.07) is 10.4. The lowest BCUT2D eigenvalue weighted by Crippen LogP contribution is -2.35. The van der Waals surface area contributed by atoms with Crippen LogP contribution in [0.15, 0.2) is 35.2 Å². The first-order chi connectivity index (χ1) is 8.18. The molecule has 0 saturated heterocycles. The number of carbonyl (C=O) groups excluding carboxylic acids is 1. The van der Waals surface area contributed by atoms with Gasteiger partial charge in [0.2, 0.25) is 5.91 Å². The van der Waals surface area contributed by atoms with E-state index in [2.05, 4.69) is 24.5 Å². The normalized spacial score (nSPS) is 10.5. The molecule has 1 aromatic rings. The minimum atomic E-state index is 0.0874. The van der Waals surface area contributed by atoms with Gasteiger partial charge in [-0.2, -0.15) is 0 Å². The molecule has 1 amide bonds. The van der Waals surface area contributed by atoms with E-state index >= 15 is 0 Å². The fraction of sp³-hybridized carbons (Fsp3) is 0.462. The van der Waals surface area contributed by atoms with Crippen LogP contribution in [-0.4, -0.2) is 30.8 Å². The molecule has 0 aliphatic heterocycles. The summed E-state index contributed by atoms with van der Waals surface area (Å²) in [4.78, 5) is 12.6. The molecule has 0 radical (unpaired) electrons. The van der Waals surface area contributed by atoms with E-state index in [4.69, 9.17) is 0 Å². The number of hydrogen-bond acceptors (Lipinski definition) is 3. The van der Waals surface area contributed by atoms with E-state index in [0.717, 1.165) is 11.4 Å². The maximum atomic E-state index is 11.5. The van der Waals surface area contributed by atoms with Gasteiger partial charge in [0.25, 0.3) is 0 Å². The Labute approximate surface area is 107 Å². The van der Waals surface area contributed by atoms with Crippen LogP contribution in [0.2, 0.25) is 0 Å². The van der Waals surface area contributed by atoms with Gasteiger partial charge in [0, 0.05) is 24.0 Å². The lowest BCUT2D eigenvalue weighted by atomic mass is 10.4. The summed E-state index contributed by atoms with van der Waals surface area (Å²) >= 11 is 1.56. The fourth-order valence-electron chi connectivity index (χ4n) is 1.28. The van der Waals surface area contributed by atoms with Gasteiger partial charge in [-0.1, -0.05) is 32.0 Å². The Morgan fingerprint density at radius 1 is 1.24 bits per heavy atom. The number of nitrogens with one attached hydrogen (secondary N) is 2. The maximum Gasteiger partial charge on any atom is 0.230 e. The summed E-state index contributed by atoms with van der Waals surface area (Å²) in [7, 11) is 0. The first-order valence-corrected chi connectivity index (χ1v) is 6.85. The van der Waals surface area contributed by atoms with Gasteiger partial charge >= 0.3 is 0 Å². The van der Waals surface area contributed by atoms with Crippen LogP contribution in [0.5, 0.6) is 0 Å². The predicted octanol–water partition coefficient (Wildman–Crippen LogP) is 1.89. The molecule has 0 heterocycles. The molecule has 0 aromatic heterocycles. The smallest absolute Gasteiger partial charge is 0.230 e. The average Bonchev–Trinajstić information content (AvgIpc) is 2.33. The van der Waals surface area contributed by atoms with Crippen molar-refractivity contribution in [3.63, 3.8) is 0 Å². The number of amides is 1. The van der Waals surface area contributed by atoms with Gasteiger partial charge < -0.3 is 10.6 Å². The van der Waals surface area contributed by atoms with Gasteiger partial charge in [-0.15, -0.1) is 11.8 Å². The van der Waals surface area contributed by atoms with E-state index in [1.165, 1.54) is 0 Å². The highest BCUT2D eigenvalue weighted by Gasteiger charge is 2.01. The molecule has 3 nitrogen and oxygen atoms in total. The zero-order valence-electron chi connectivity index (χ0n) is 10.4. The second-order valence-electron chi connectivity index (χ2n) is 4.06. The Balaban J connectivity index is 2.09. The van der Waals surface area contributed by atoms with E-state index in [-0.39, 0.29) is 5.91 Å². The van der Waals surface area contributed by atoms with Crippen molar-refractivity contribution in [1.82, 2.24) is 10.6 Å². The Morgan fingerprint density at radius 3 is 2.59 bits per heavy atom. The molecule has 2 N–H and O–H groups in total. The first kappa shape index (κ1) is 14.1. The molecule has 1 rings (SSSR count). The molecule has 0 spiro atoms. The molecular weight excluding hydrogens is 232 g/mol. The van der Waals surface area contributed by atoms with E-state index in [1.807, 2.05) is 30.3 Å². The third-order valence-corrected chi connectivity index (χ3v) is 3.12. The van der Waals surface area contributed by atoms with Gasteiger partial charge in [-0.3, -0.25) is 4.79 Å². The molecule has 94 valence electrons. The van der Waals surface area contributed by atoms with Gasteiger partial charge in [-0.25, -0.2) is 0 Å². The van der Waals surface area contributed by atoms with Gasteiger partial charge in [-0.05, 0) is 12.1 Å². The molecule has 0 unspecified atom stereocenters. The topological polar surface area (TPSA) is 41.1 Å². The van der Waals surface area contributed by atoms with Crippen LogP contribution in [0.25, 0.3) is 0 Å². The van der Waals surface area contributed by atoms with Crippen LogP contribution >= 0.6 is 11.8 Å². The quantitative estimate of drug-likeness (QED) is 0.575. The van der Waals surface area contributed by atoms with Crippen molar-refractivity contribution in [3.05, 3.63) is 30.3 Å². The number of thioether (sulfide) groups is 1. The molecule has 0 aliphatic rings. The van der Waals surface area contributed by atoms with Gasteiger partial charge in [0.05, 0.1) is 5.75 Å². The van der Waals surface area contributed by atoms with Crippen molar-refractivity contribution in [2.75, 3.05) is 18.8 Å². The number of carbonyl (C=O) groups is 1. The molecular formula is C13H20N2OS. The summed E-state index contributed by atoms with van der Waals surface area (Å²) < 4.78 is 0. The molecule has 1 aromatic carbocycles. The average molecular weight is 252 g/mol. The van der Waals surface area contributed by atoms with Crippen molar-refractivity contribution < 1.29 is 4.79 Å². The standard InChI is InChI=1S/C13H20N2OS/c1-11(2)14-8-9-15-13(16)10-17-12-6-4-3-5-7-12/h3-7,11,14H,8-10H2,1-2H3,(H,15,16). The highest BCUT2D eigenvalue weighted by atomic mass is 32.2. The second-order valence-corrected chi connectivity index (χ2v) is 5.11. The fourth-order valence-corrected chi connectivity index (χ4v) is 2.03. The van der Waals surface area contributed by atoms with Crippen molar-refractivity contribution in [3.8, 4) is 0 Å². The highest BCUT2D eigenvalue weighted by Crippen LogP contribution is 2.15. The molecule has 0 saturated carbocycles. The monoisotopic (exact) mass is 252 g/mol. The summed E-state index contributed by atoms with van der Waals surface area (Å²) in [6.45, 7) is 5.69. The molecule has 0 bridgehead atoms. The van der Waals surface area contributed by atoms with E-state index in [9.17, 15) is 4.79 Å². The molecule has 0 aliphatic carbocycles. The van der Waals surface area contributed by atoms with Crippen LogP contribution in [0.3, 0.4) is 0 Å². The van der Waals surface area contributed by atoms with Crippen LogP contribution in [0.1, 0.15) is 13.8 Å². The largest absolute Gasteiger partial charge is 0.354 e. The number of benzene rings is 1. The number of rotatable bonds is 7. The Morgan fingerprint density at radius 2 is 1.94 bits per heavy atom. The first-order valence-electron chi connectivity index (χ1n) is 5.86. The molecule has 0 fully saturated rings. The van der Waals surface area contributed by atoms with Crippen molar-refractivity contribution >= 4 is 17.7 Å². The van der Waals surface area contributed by atoms with E-state index < -0.39 is 0 Å². The SMILES string of the molecule is CC(C)NCCNC(=O)CSc1ccccc1. The van der Waals surface area contributed by atoms with Gasteiger partial charge in [0.15, 0.2) is 0 Å². The lowest BCUT2D eigenvalue weighted by Gasteiger charge is -2.08. The lowest BCUT2D eigenvalue weighted by molar-refractivity contribution is -0.118. The summed E-state index contributed by atoms with van der Waals surface area (Å²) in [5, 5.41) is 6.14. The van der Waals surface area contributed by atoms with Crippen LogP contribution in [-0.2, 0) is 4.79 Å².